The molecule has 5 heteroatoms. The number of rotatable bonds is 6. The van der Waals surface area contributed by atoms with Gasteiger partial charge in [-0.25, -0.2) is 0 Å². The van der Waals surface area contributed by atoms with E-state index in [4.69, 9.17) is 0 Å². The lowest BCUT2D eigenvalue weighted by Crippen LogP contribution is -2.49. The second kappa shape index (κ2) is 5.49. The first kappa shape index (κ1) is 14.0. The first-order valence-corrected chi connectivity index (χ1v) is 6.13. The maximum atomic E-state index is 11.7. The Morgan fingerprint density at radius 2 is 1.94 bits per heavy atom. The van der Waals surface area contributed by atoms with Crippen molar-refractivity contribution >= 4 is 11.8 Å². The van der Waals surface area contributed by atoms with E-state index >= 15 is 0 Å². The van der Waals surface area contributed by atoms with Gasteiger partial charge in [0.05, 0.1) is 11.5 Å². The second-order valence-corrected chi connectivity index (χ2v) is 5.35. The van der Waals surface area contributed by atoms with Gasteiger partial charge in [0.25, 0.3) is 0 Å². The van der Waals surface area contributed by atoms with Crippen molar-refractivity contribution in [2.45, 2.75) is 45.7 Å². The van der Waals surface area contributed by atoms with E-state index in [1.165, 1.54) is 0 Å². The molecule has 17 heavy (non-hydrogen) atoms. The van der Waals surface area contributed by atoms with Crippen LogP contribution in [0.5, 0.6) is 0 Å². The standard InChI is InChI=1S/C12H23N3O2/c1-8(10(16)15-9-5-6-9)14-7-12(2,3)11(17)13-4/h8-9,14H,5-7H2,1-4H3,(H,13,17)(H,15,16). The molecule has 0 aliphatic heterocycles. The summed E-state index contributed by atoms with van der Waals surface area (Å²) in [6.45, 7) is 6.00. The Hall–Kier alpha value is -1.10. The van der Waals surface area contributed by atoms with Crippen LogP contribution >= 0.6 is 0 Å². The van der Waals surface area contributed by atoms with Crippen LogP contribution in [0.25, 0.3) is 0 Å². The minimum absolute atomic E-state index is 0.0141. The molecule has 5 nitrogen and oxygen atoms in total. The Kier molecular flexibility index (Phi) is 4.51. The molecule has 0 radical (unpaired) electrons. The zero-order chi connectivity index (χ0) is 13.1. The van der Waals surface area contributed by atoms with Gasteiger partial charge in [0.1, 0.15) is 0 Å². The fourth-order valence-corrected chi connectivity index (χ4v) is 1.47. The van der Waals surface area contributed by atoms with Crippen LogP contribution in [0.4, 0.5) is 0 Å². The number of carbonyl (C=O) groups excluding carboxylic acids is 2. The van der Waals surface area contributed by atoms with E-state index in [9.17, 15) is 9.59 Å². The molecule has 1 unspecified atom stereocenters. The minimum atomic E-state index is -0.511. The molecule has 0 bridgehead atoms. The van der Waals surface area contributed by atoms with Crippen molar-refractivity contribution in [2.24, 2.45) is 5.41 Å². The van der Waals surface area contributed by atoms with Gasteiger partial charge in [-0.15, -0.1) is 0 Å². The van der Waals surface area contributed by atoms with Crippen LogP contribution in [0.1, 0.15) is 33.6 Å². The van der Waals surface area contributed by atoms with Gasteiger partial charge in [-0.2, -0.15) is 0 Å². The van der Waals surface area contributed by atoms with Crippen LogP contribution in [0.3, 0.4) is 0 Å². The summed E-state index contributed by atoms with van der Waals surface area (Å²) in [5, 5.41) is 8.65. The Bertz CT molecular complexity index is 298. The molecule has 98 valence electrons. The predicted octanol–water partition coefficient (Wildman–Crippen LogP) is 0.0153. The molecule has 1 aliphatic rings. The predicted molar refractivity (Wildman–Crippen MR) is 66.5 cm³/mol. The molecule has 3 N–H and O–H groups in total. The van der Waals surface area contributed by atoms with Gasteiger partial charge in [-0.05, 0) is 33.6 Å². The maximum absolute atomic E-state index is 11.7. The molecular weight excluding hydrogens is 218 g/mol. The van der Waals surface area contributed by atoms with Crippen molar-refractivity contribution in [1.29, 1.82) is 0 Å². The van der Waals surface area contributed by atoms with E-state index < -0.39 is 5.41 Å². The quantitative estimate of drug-likeness (QED) is 0.614. The fraction of sp³-hybridized carbons (Fsp3) is 0.833. The first-order chi connectivity index (χ1) is 7.86. The van der Waals surface area contributed by atoms with E-state index in [1.807, 2.05) is 20.8 Å². The van der Waals surface area contributed by atoms with Crippen LogP contribution < -0.4 is 16.0 Å². The lowest BCUT2D eigenvalue weighted by Gasteiger charge is -2.25. The third-order valence-electron chi connectivity index (χ3n) is 3.01. The summed E-state index contributed by atoms with van der Waals surface area (Å²) in [7, 11) is 1.62. The van der Waals surface area contributed by atoms with Crippen molar-refractivity contribution < 1.29 is 9.59 Å². The molecule has 2 amide bonds. The smallest absolute Gasteiger partial charge is 0.237 e. The first-order valence-electron chi connectivity index (χ1n) is 6.13. The molecule has 1 atom stereocenters. The Balaban J connectivity index is 2.32. The topological polar surface area (TPSA) is 70.2 Å². The van der Waals surface area contributed by atoms with Crippen molar-refractivity contribution in [2.75, 3.05) is 13.6 Å². The lowest BCUT2D eigenvalue weighted by molar-refractivity contribution is -0.129. The van der Waals surface area contributed by atoms with Gasteiger partial charge in [-0.3, -0.25) is 9.59 Å². The van der Waals surface area contributed by atoms with Crippen molar-refractivity contribution in [1.82, 2.24) is 16.0 Å². The third kappa shape index (κ3) is 4.34. The molecule has 0 aromatic carbocycles. The van der Waals surface area contributed by atoms with Crippen LogP contribution in [-0.4, -0.2) is 37.5 Å². The molecule has 1 fully saturated rings. The van der Waals surface area contributed by atoms with Crippen LogP contribution in [0.2, 0.25) is 0 Å². The summed E-state index contributed by atoms with van der Waals surface area (Å²) in [5.41, 5.74) is -0.511. The van der Waals surface area contributed by atoms with Gasteiger partial charge >= 0.3 is 0 Å². The summed E-state index contributed by atoms with van der Waals surface area (Å²) >= 11 is 0. The highest BCUT2D eigenvalue weighted by molar-refractivity contribution is 5.83. The second-order valence-electron chi connectivity index (χ2n) is 5.35. The monoisotopic (exact) mass is 241 g/mol. The largest absolute Gasteiger partial charge is 0.359 e. The molecule has 0 aromatic rings. The van der Waals surface area contributed by atoms with Gasteiger partial charge < -0.3 is 16.0 Å². The zero-order valence-electron chi connectivity index (χ0n) is 11.1. The Morgan fingerprint density at radius 1 is 1.35 bits per heavy atom. The lowest BCUT2D eigenvalue weighted by atomic mass is 9.92. The molecule has 0 spiro atoms. The number of amides is 2. The minimum Gasteiger partial charge on any atom is -0.359 e. The van der Waals surface area contributed by atoms with E-state index in [2.05, 4.69) is 16.0 Å². The van der Waals surface area contributed by atoms with E-state index in [0.29, 0.717) is 12.6 Å². The van der Waals surface area contributed by atoms with Gasteiger partial charge in [0.2, 0.25) is 11.8 Å². The van der Waals surface area contributed by atoms with E-state index in [-0.39, 0.29) is 17.9 Å². The summed E-state index contributed by atoms with van der Waals surface area (Å²) in [6.07, 6.45) is 2.17. The van der Waals surface area contributed by atoms with Gasteiger partial charge in [0.15, 0.2) is 0 Å². The van der Waals surface area contributed by atoms with Crippen LogP contribution in [0, 0.1) is 5.41 Å². The molecule has 0 heterocycles. The van der Waals surface area contributed by atoms with Crippen LogP contribution in [0.15, 0.2) is 0 Å². The summed E-state index contributed by atoms with van der Waals surface area (Å²) in [4.78, 5) is 23.2. The highest BCUT2D eigenvalue weighted by Crippen LogP contribution is 2.18. The molecule has 1 saturated carbocycles. The highest BCUT2D eigenvalue weighted by atomic mass is 16.2. The normalized spacial score (nSPS) is 17.4. The van der Waals surface area contributed by atoms with E-state index in [0.717, 1.165) is 12.8 Å². The maximum Gasteiger partial charge on any atom is 0.237 e. The number of hydrogen-bond acceptors (Lipinski definition) is 3. The van der Waals surface area contributed by atoms with Gasteiger partial charge in [-0.1, -0.05) is 0 Å². The summed E-state index contributed by atoms with van der Waals surface area (Å²) in [6, 6.07) is 0.109. The van der Waals surface area contributed by atoms with Crippen molar-refractivity contribution in [3.8, 4) is 0 Å². The van der Waals surface area contributed by atoms with E-state index in [1.54, 1.807) is 7.05 Å². The van der Waals surface area contributed by atoms with Crippen LogP contribution in [-0.2, 0) is 9.59 Å². The molecule has 1 aliphatic carbocycles. The molecule has 0 aromatic heterocycles. The Morgan fingerprint density at radius 3 is 2.41 bits per heavy atom. The van der Waals surface area contributed by atoms with Crippen molar-refractivity contribution in [3.05, 3.63) is 0 Å². The zero-order valence-corrected chi connectivity index (χ0v) is 11.1. The highest BCUT2D eigenvalue weighted by Gasteiger charge is 2.29. The Labute approximate surface area is 103 Å². The van der Waals surface area contributed by atoms with Gasteiger partial charge in [0, 0.05) is 19.6 Å². The van der Waals surface area contributed by atoms with Crippen molar-refractivity contribution in [3.63, 3.8) is 0 Å². The number of nitrogens with one attached hydrogen (secondary N) is 3. The average Bonchev–Trinajstić information content (AvgIpc) is 3.08. The molecule has 0 saturated heterocycles. The molecule has 1 rings (SSSR count). The molecular formula is C12H23N3O2. The number of carbonyl (C=O) groups is 2. The average molecular weight is 241 g/mol. The third-order valence-corrected chi connectivity index (χ3v) is 3.01. The fourth-order valence-electron chi connectivity index (χ4n) is 1.47. The summed E-state index contributed by atoms with van der Waals surface area (Å²) < 4.78 is 0. The summed E-state index contributed by atoms with van der Waals surface area (Å²) in [5.74, 6) is -0.0139. The number of hydrogen-bond donors (Lipinski definition) is 3. The SMILES string of the molecule is CNC(=O)C(C)(C)CNC(C)C(=O)NC1CC1.